The number of aliphatic hydroxyl groups is 1. The summed E-state index contributed by atoms with van der Waals surface area (Å²) < 4.78 is 15.5. The first-order chi connectivity index (χ1) is 9.63. The van der Waals surface area contributed by atoms with Crippen LogP contribution in [0.2, 0.25) is 0 Å². The fraction of sp³-hybridized carbons (Fsp3) is 0.600. The minimum Gasteiger partial charge on any atom is -0.497 e. The van der Waals surface area contributed by atoms with Crippen LogP contribution in [0.25, 0.3) is 0 Å². The molecule has 20 heavy (non-hydrogen) atoms. The number of ether oxygens (including phenoxy) is 3. The zero-order chi connectivity index (χ0) is 15.0. The number of aliphatic hydroxyl groups excluding tert-OH is 1. The molecular weight excluding hydrogens is 258 g/mol. The van der Waals surface area contributed by atoms with Crippen molar-refractivity contribution in [2.75, 3.05) is 34.5 Å². The summed E-state index contributed by atoms with van der Waals surface area (Å²) in [4.78, 5) is 0. The van der Waals surface area contributed by atoms with E-state index in [0.29, 0.717) is 18.1 Å². The van der Waals surface area contributed by atoms with Crippen LogP contribution in [0.15, 0.2) is 18.2 Å². The molecule has 0 fully saturated rings. The molecule has 5 nitrogen and oxygen atoms in total. The maximum atomic E-state index is 10.4. The minimum absolute atomic E-state index is 0.0899. The van der Waals surface area contributed by atoms with Crippen LogP contribution in [0.1, 0.15) is 25.0 Å². The molecule has 0 amide bonds. The molecule has 114 valence electrons. The fourth-order valence-corrected chi connectivity index (χ4v) is 2.00. The molecule has 0 bridgehead atoms. The van der Waals surface area contributed by atoms with Gasteiger partial charge in [-0.25, -0.2) is 0 Å². The summed E-state index contributed by atoms with van der Waals surface area (Å²) in [5.41, 5.74) is 0.721. The van der Waals surface area contributed by atoms with Gasteiger partial charge in [0.25, 0.3) is 0 Å². The Morgan fingerprint density at radius 2 is 1.95 bits per heavy atom. The van der Waals surface area contributed by atoms with Gasteiger partial charge in [-0.05, 0) is 38.1 Å². The third-order valence-electron chi connectivity index (χ3n) is 3.22. The molecule has 0 spiro atoms. The summed E-state index contributed by atoms with van der Waals surface area (Å²) in [6.45, 7) is 3.44. The second kappa shape index (κ2) is 8.79. The SMILES string of the molecule is COCCCNC(C)C(O)c1cc(OC)ccc1OC. The van der Waals surface area contributed by atoms with Crippen molar-refractivity contribution in [1.82, 2.24) is 5.32 Å². The van der Waals surface area contributed by atoms with Crippen LogP contribution in [-0.2, 0) is 4.74 Å². The van der Waals surface area contributed by atoms with Crippen LogP contribution in [0, 0.1) is 0 Å². The minimum atomic E-state index is -0.664. The maximum Gasteiger partial charge on any atom is 0.124 e. The lowest BCUT2D eigenvalue weighted by Crippen LogP contribution is -2.33. The monoisotopic (exact) mass is 283 g/mol. The molecule has 0 aliphatic carbocycles. The number of hydrogen-bond acceptors (Lipinski definition) is 5. The van der Waals surface area contributed by atoms with Crippen molar-refractivity contribution < 1.29 is 19.3 Å². The first kappa shape index (κ1) is 16.8. The molecule has 2 atom stereocenters. The van der Waals surface area contributed by atoms with Crippen LogP contribution < -0.4 is 14.8 Å². The Hall–Kier alpha value is -1.30. The predicted molar refractivity (Wildman–Crippen MR) is 78.5 cm³/mol. The third kappa shape index (κ3) is 4.67. The standard InChI is InChI=1S/C15H25NO4/c1-11(16-8-5-9-18-2)15(17)13-10-12(19-3)6-7-14(13)20-4/h6-7,10-11,15-17H,5,8-9H2,1-4H3. The first-order valence-corrected chi connectivity index (χ1v) is 6.76. The van der Waals surface area contributed by atoms with E-state index in [0.717, 1.165) is 18.5 Å². The van der Waals surface area contributed by atoms with E-state index in [2.05, 4.69) is 5.32 Å². The first-order valence-electron chi connectivity index (χ1n) is 6.76. The van der Waals surface area contributed by atoms with E-state index in [1.807, 2.05) is 13.0 Å². The van der Waals surface area contributed by atoms with Gasteiger partial charge in [-0.3, -0.25) is 0 Å². The van der Waals surface area contributed by atoms with Gasteiger partial charge < -0.3 is 24.6 Å². The highest BCUT2D eigenvalue weighted by Crippen LogP contribution is 2.30. The third-order valence-corrected chi connectivity index (χ3v) is 3.22. The van der Waals surface area contributed by atoms with Crippen LogP contribution in [0.4, 0.5) is 0 Å². The Morgan fingerprint density at radius 1 is 1.20 bits per heavy atom. The average Bonchev–Trinajstić information content (AvgIpc) is 2.49. The zero-order valence-corrected chi connectivity index (χ0v) is 12.7. The van der Waals surface area contributed by atoms with E-state index < -0.39 is 6.10 Å². The maximum absolute atomic E-state index is 10.4. The molecule has 1 aromatic carbocycles. The number of benzene rings is 1. The molecule has 0 heterocycles. The highest BCUT2D eigenvalue weighted by atomic mass is 16.5. The molecule has 5 heteroatoms. The molecule has 1 rings (SSSR count). The van der Waals surface area contributed by atoms with Gasteiger partial charge in [-0.2, -0.15) is 0 Å². The molecule has 0 saturated carbocycles. The Morgan fingerprint density at radius 3 is 2.55 bits per heavy atom. The molecule has 2 N–H and O–H groups in total. The van der Waals surface area contributed by atoms with Crippen molar-refractivity contribution in [2.45, 2.75) is 25.5 Å². The van der Waals surface area contributed by atoms with Gasteiger partial charge in [0.1, 0.15) is 11.5 Å². The van der Waals surface area contributed by atoms with Crippen molar-refractivity contribution in [1.29, 1.82) is 0 Å². The van der Waals surface area contributed by atoms with Gasteiger partial charge in [0.2, 0.25) is 0 Å². The summed E-state index contributed by atoms with van der Waals surface area (Å²) in [6.07, 6.45) is 0.241. The molecule has 2 unspecified atom stereocenters. The summed E-state index contributed by atoms with van der Waals surface area (Å²) in [6, 6.07) is 5.32. The second-order valence-corrected chi connectivity index (χ2v) is 4.64. The summed E-state index contributed by atoms with van der Waals surface area (Å²) >= 11 is 0. The molecule has 0 aromatic heterocycles. The van der Waals surface area contributed by atoms with Crippen LogP contribution >= 0.6 is 0 Å². The van der Waals surface area contributed by atoms with Gasteiger partial charge in [-0.1, -0.05) is 0 Å². The Labute approximate surface area is 120 Å². The average molecular weight is 283 g/mol. The molecule has 0 aliphatic rings. The lowest BCUT2D eigenvalue weighted by molar-refractivity contribution is 0.129. The second-order valence-electron chi connectivity index (χ2n) is 4.64. The highest BCUT2D eigenvalue weighted by molar-refractivity contribution is 5.42. The van der Waals surface area contributed by atoms with Crippen LogP contribution in [0.3, 0.4) is 0 Å². The van der Waals surface area contributed by atoms with Crippen molar-refractivity contribution in [3.05, 3.63) is 23.8 Å². The summed E-state index contributed by atoms with van der Waals surface area (Å²) in [5, 5.41) is 13.7. The number of nitrogens with one attached hydrogen (secondary N) is 1. The van der Waals surface area contributed by atoms with Crippen molar-refractivity contribution in [2.24, 2.45) is 0 Å². The number of hydrogen-bond donors (Lipinski definition) is 2. The van der Waals surface area contributed by atoms with Crippen LogP contribution in [0.5, 0.6) is 11.5 Å². The smallest absolute Gasteiger partial charge is 0.124 e. The Bertz CT molecular complexity index is 397. The molecule has 0 radical (unpaired) electrons. The van der Waals surface area contributed by atoms with E-state index >= 15 is 0 Å². The molecule has 1 aromatic rings. The molecule has 0 saturated heterocycles. The molecule has 0 aliphatic heterocycles. The van der Waals surface area contributed by atoms with E-state index in [9.17, 15) is 5.11 Å². The van der Waals surface area contributed by atoms with Gasteiger partial charge in [0, 0.05) is 25.3 Å². The lowest BCUT2D eigenvalue weighted by atomic mass is 10.0. The predicted octanol–water partition coefficient (Wildman–Crippen LogP) is 1.75. The van der Waals surface area contributed by atoms with Crippen LogP contribution in [-0.4, -0.2) is 45.6 Å². The van der Waals surface area contributed by atoms with E-state index in [1.54, 1.807) is 33.5 Å². The fourth-order valence-electron chi connectivity index (χ4n) is 2.00. The topological polar surface area (TPSA) is 60.0 Å². The van der Waals surface area contributed by atoms with Gasteiger partial charge >= 0.3 is 0 Å². The van der Waals surface area contributed by atoms with Gasteiger partial charge in [-0.15, -0.1) is 0 Å². The Balaban J connectivity index is 2.71. The van der Waals surface area contributed by atoms with Crippen molar-refractivity contribution in [3.8, 4) is 11.5 Å². The lowest BCUT2D eigenvalue weighted by Gasteiger charge is -2.22. The quantitative estimate of drug-likeness (QED) is 0.676. The van der Waals surface area contributed by atoms with Gasteiger partial charge in [0.05, 0.1) is 20.3 Å². The van der Waals surface area contributed by atoms with E-state index in [4.69, 9.17) is 14.2 Å². The number of methoxy groups -OCH3 is 3. The summed E-state index contributed by atoms with van der Waals surface area (Å²) in [7, 11) is 4.87. The Kier molecular flexibility index (Phi) is 7.36. The molecular formula is C15H25NO4. The highest BCUT2D eigenvalue weighted by Gasteiger charge is 2.20. The van der Waals surface area contributed by atoms with Crippen molar-refractivity contribution >= 4 is 0 Å². The van der Waals surface area contributed by atoms with Gasteiger partial charge in [0.15, 0.2) is 0 Å². The zero-order valence-electron chi connectivity index (χ0n) is 12.7. The normalized spacial score (nSPS) is 13.8. The summed E-state index contributed by atoms with van der Waals surface area (Å²) in [5.74, 6) is 1.36. The largest absolute Gasteiger partial charge is 0.497 e. The van der Waals surface area contributed by atoms with E-state index in [-0.39, 0.29) is 6.04 Å². The van der Waals surface area contributed by atoms with E-state index in [1.165, 1.54) is 0 Å². The number of rotatable bonds is 9. The van der Waals surface area contributed by atoms with Crippen molar-refractivity contribution in [3.63, 3.8) is 0 Å².